The van der Waals surface area contributed by atoms with Crippen molar-refractivity contribution >= 4 is 15.9 Å². The zero-order valence-corrected chi connectivity index (χ0v) is 9.50. The van der Waals surface area contributed by atoms with Crippen LogP contribution >= 0.6 is 15.9 Å². The first-order valence-corrected chi connectivity index (χ1v) is 5.43. The molecule has 1 heterocycles. The van der Waals surface area contributed by atoms with Crippen molar-refractivity contribution in [1.29, 1.82) is 0 Å². The van der Waals surface area contributed by atoms with Crippen molar-refractivity contribution in [2.24, 2.45) is 0 Å². The largest absolute Gasteiger partial charge is 0.495 e. The third-order valence-corrected chi connectivity index (χ3v) is 2.87. The fraction of sp³-hybridized carbons (Fsp3) is 0.273. The molecule has 0 aliphatic carbocycles. The van der Waals surface area contributed by atoms with Crippen LogP contribution in [0.2, 0.25) is 0 Å². The predicted molar refractivity (Wildman–Crippen MR) is 57.7 cm³/mol. The third kappa shape index (κ3) is 2.21. The topological polar surface area (TPSA) is 29.5 Å². The second-order valence-electron chi connectivity index (χ2n) is 3.32. The van der Waals surface area contributed by atoms with Crippen molar-refractivity contribution in [3.05, 3.63) is 45.9 Å². The summed E-state index contributed by atoms with van der Waals surface area (Å²) in [7, 11) is 0. The molecule has 1 atom stereocenters. The summed E-state index contributed by atoms with van der Waals surface area (Å²) in [5.41, 5.74) is 0.622. The van der Waals surface area contributed by atoms with E-state index >= 15 is 0 Å². The summed E-state index contributed by atoms with van der Waals surface area (Å²) in [4.78, 5) is 0. The van der Waals surface area contributed by atoms with E-state index in [-0.39, 0.29) is 5.82 Å². The highest BCUT2D eigenvalue weighted by molar-refractivity contribution is 9.10. The SMILES string of the molecule is OC(C1=CCCO1)c1ccc(F)c(Br)c1. The van der Waals surface area contributed by atoms with E-state index in [1.54, 1.807) is 12.1 Å². The van der Waals surface area contributed by atoms with Crippen molar-refractivity contribution < 1.29 is 14.2 Å². The number of rotatable bonds is 2. The molecule has 15 heavy (non-hydrogen) atoms. The Bertz CT molecular complexity index is 404. The summed E-state index contributed by atoms with van der Waals surface area (Å²) in [6, 6.07) is 4.42. The highest BCUT2D eigenvalue weighted by Crippen LogP contribution is 2.28. The molecule has 0 fully saturated rings. The van der Waals surface area contributed by atoms with Crippen molar-refractivity contribution in [3.63, 3.8) is 0 Å². The van der Waals surface area contributed by atoms with Gasteiger partial charge in [0.1, 0.15) is 17.7 Å². The first-order chi connectivity index (χ1) is 7.18. The molecule has 0 aromatic heterocycles. The summed E-state index contributed by atoms with van der Waals surface area (Å²) < 4.78 is 18.6. The standard InChI is InChI=1S/C11H10BrFO2/c12-8-6-7(3-4-9(8)13)11(14)10-2-1-5-15-10/h2-4,6,11,14H,1,5H2. The van der Waals surface area contributed by atoms with E-state index < -0.39 is 6.10 Å². The molecule has 0 radical (unpaired) electrons. The Labute approximate surface area is 95.5 Å². The highest BCUT2D eigenvalue weighted by atomic mass is 79.9. The van der Waals surface area contributed by atoms with Gasteiger partial charge in [-0.2, -0.15) is 0 Å². The Morgan fingerprint density at radius 3 is 2.87 bits per heavy atom. The fourth-order valence-electron chi connectivity index (χ4n) is 1.47. The predicted octanol–water partition coefficient (Wildman–Crippen LogP) is 2.93. The monoisotopic (exact) mass is 272 g/mol. The minimum absolute atomic E-state index is 0.340. The first kappa shape index (κ1) is 10.6. The fourth-order valence-corrected chi connectivity index (χ4v) is 1.87. The maximum Gasteiger partial charge on any atom is 0.137 e. The lowest BCUT2D eigenvalue weighted by molar-refractivity contribution is 0.119. The molecule has 0 saturated heterocycles. The number of ether oxygens (including phenoxy) is 1. The minimum atomic E-state index is -0.801. The summed E-state index contributed by atoms with van der Waals surface area (Å²) in [6.45, 7) is 0.606. The summed E-state index contributed by atoms with van der Waals surface area (Å²) in [6.07, 6.45) is 1.86. The Hall–Kier alpha value is -0.870. The first-order valence-electron chi connectivity index (χ1n) is 4.64. The zero-order valence-electron chi connectivity index (χ0n) is 7.91. The molecular formula is C11H10BrFO2. The van der Waals surface area contributed by atoms with Crippen LogP contribution in [0, 0.1) is 5.82 Å². The second-order valence-corrected chi connectivity index (χ2v) is 4.17. The molecule has 1 unspecified atom stereocenters. The lowest BCUT2D eigenvalue weighted by atomic mass is 10.1. The average molecular weight is 273 g/mol. The van der Waals surface area contributed by atoms with Gasteiger partial charge in [0.25, 0.3) is 0 Å². The van der Waals surface area contributed by atoms with Gasteiger partial charge in [-0.1, -0.05) is 6.07 Å². The molecule has 2 nitrogen and oxygen atoms in total. The second kappa shape index (κ2) is 4.33. The molecular weight excluding hydrogens is 263 g/mol. The van der Waals surface area contributed by atoms with Gasteiger partial charge in [0.2, 0.25) is 0 Å². The molecule has 0 amide bonds. The Kier molecular flexibility index (Phi) is 3.07. The highest BCUT2D eigenvalue weighted by Gasteiger charge is 2.18. The van der Waals surface area contributed by atoms with E-state index in [9.17, 15) is 9.50 Å². The maximum absolute atomic E-state index is 13.0. The van der Waals surface area contributed by atoms with Gasteiger partial charge >= 0.3 is 0 Å². The lowest BCUT2D eigenvalue weighted by Crippen LogP contribution is -2.02. The van der Waals surface area contributed by atoms with Crippen molar-refractivity contribution in [2.45, 2.75) is 12.5 Å². The van der Waals surface area contributed by atoms with Crippen LogP contribution < -0.4 is 0 Å². The van der Waals surface area contributed by atoms with E-state index in [4.69, 9.17) is 4.74 Å². The molecule has 1 N–H and O–H groups in total. The third-order valence-electron chi connectivity index (χ3n) is 2.26. The van der Waals surface area contributed by atoms with Gasteiger partial charge in [-0.15, -0.1) is 0 Å². The molecule has 0 saturated carbocycles. The quantitative estimate of drug-likeness (QED) is 0.897. The van der Waals surface area contributed by atoms with Crippen molar-refractivity contribution in [1.82, 2.24) is 0 Å². The maximum atomic E-state index is 13.0. The number of aliphatic hydroxyl groups excluding tert-OH is 1. The van der Waals surface area contributed by atoms with E-state index in [1.165, 1.54) is 6.07 Å². The smallest absolute Gasteiger partial charge is 0.137 e. The molecule has 1 aliphatic rings. The minimum Gasteiger partial charge on any atom is -0.495 e. The van der Waals surface area contributed by atoms with Crippen LogP contribution in [-0.2, 0) is 4.74 Å². The van der Waals surface area contributed by atoms with E-state index in [1.807, 2.05) is 6.08 Å². The number of hydrogen-bond acceptors (Lipinski definition) is 2. The molecule has 0 bridgehead atoms. The number of hydrogen-bond donors (Lipinski definition) is 1. The van der Waals surface area contributed by atoms with Gasteiger partial charge in [-0.3, -0.25) is 0 Å². The molecule has 1 aromatic rings. The van der Waals surface area contributed by atoms with Gasteiger partial charge in [0.15, 0.2) is 0 Å². The van der Waals surface area contributed by atoms with Crippen LogP contribution in [0.3, 0.4) is 0 Å². The molecule has 0 spiro atoms. The van der Waals surface area contributed by atoms with Crippen LogP contribution in [0.25, 0.3) is 0 Å². The molecule has 1 aromatic carbocycles. The lowest BCUT2D eigenvalue weighted by Gasteiger charge is -2.12. The normalized spacial score (nSPS) is 17.1. The van der Waals surface area contributed by atoms with Crippen LogP contribution in [0.15, 0.2) is 34.5 Å². The van der Waals surface area contributed by atoms with Gasteiger partial charge in [0.05, 0.1) is 11.1 Å². The molecule has 80 valence electrons. The van der Waals surface area contributed by atoms with Gasteiger partial charge in [-0.25, -0.2) is 4.39 Å². The van der Waals surface area contributed by atoms with Crippen molar-refractivity contribution in [3.8, 4) is 0 Å². The number of halogens is 2. The summed E-state index contributed by atoms with van der Waals surface area (Å²) in [5, 5.41) is 9.90. The van der Waals surface area contributed by atoms with Gasteiger partial charge in [-0.05, 0) is 39.7 Å². The molecule has 4 heteroatoms. The van der Waals surface area contributed by atoms with E-state index in [0.29, 0.717) is 22.4 Å². The van der Waals surface area contributed by atoms with E-state index in [2.05, 4.69) is 15.9 Å². The summed E-state index contributed by atoms with van der Waals surface area (Å²) in [5.74, 6) is 0.209. The molecule has 1 aliphatic heterocycles. The van der Waals surface area contributed by atoms with Gasteiger partial charge < -0.3 is 9.84 Å². The van der Waals surface area contributed by atoms with Crippen LogP contribution in [0.4, 0.5) is 4.39 Å². The Morgan fingerprint density at radius 2 is 2.27 bits per heavy atom. The van der Waals surface area contributed by atoms with E-state index in [0.717, 1.165) is 6.42 Å². The number of benzene rings is 1. The van der Waals surface area contributed by atoms with Crippen LogP contribution in [0.5, 0.6) is 0 Å². The average Bonchev–Trinajstić information content (AvgIpc) is 2.74. The Morgan fingerprint density at radius 1 is 1.47 bits per heavy atom. The van der Waals surface area contributed by atoms with Crippen molar-refractivity contribution in [2.75, 3.05) is 6.61 Å². The molecule has 2 rings (SSSR count). The summed E-state index contributed by atoms with van der Waals surface area (Å²) >= 11 is 3.08. The Balaban J connectivity index is 2.25. The van der Waals surface area contributed by atoms with Crippen LogP contribution in [0.1, 0.15) is 18.1 Å². The van der Waals surface area contributed by atoms with Crippen LogP contribution in [-0.4, -0.2) is 11.7 Å². The van der Waals surface area contributed by atoms with Gasteiger partial charge in [0, 0.05) is 6.42 Å². The number of aliphatic hydroxyl groups is 1. The zero-order chi connectivity index (χ0) is 10.8.